The molecule has 1 N–H and O–H groups in total. The Morgan fingerprint density at radius 1 is 1.27 bits per heavy atom. The minimum absolute atomic E-state index is 0. The molecule has 0 bridgehead atoms. The van der Waals surface area contributed by atoms with Crippen molar-refractivity contribution in [1.29, 1.82) is 0 Å². The fourth-order valence-electron chi connectivity index (χ4n) is 1.09. The van der Waals surface area contributed by atoms with Crippen LogP contribution in [0.25, 0.3) is 0 Å². The first-order valence-electron chi connectivity index (χ1n) is 4.06. The molecule has 0 unspecified atom stereocenters. The number of hydrogen-bond donors (Lipinski definition) is 1. The maximum atomic E-state index is 11.5. The molecule has 0 spiro atoms. The number of carbonyl (C=O) groups excluding carboxylic acids is 1. The zero-order valence-corrected chi connectivity index (χ0v) is 7.78. The molecule has 0 aliphatic heterocycles. The molecule has 0 saturated heterocycles. The van der Waals surface area contributed by atoms with Crippen LogP contribution >= 0.6 is 0 Å². The average Bonchev–Trinajstić information content (AvgIpc) is 2.16. The Labute approximate surface area is 118 Å². The quantitative estimate of drug-likeness (QED) is 0.277. The van der Waals surface area contributed by atoms with Crippen LogP contribution in [0.1, 0.15) is 15.9 Å². The molecular formula is C11H12CaO3. The van der Waals surface area contributed by atoms with Gasteiger partial charge in [0.05, 0.1) is 0 Å². The molecule has 1 rings (SSSR count). The molecule has 0 heterocycles. The number of carboxylic acid groups (broad SMARTS) is 1. The van der Waals surface area contributed by atoms with E-state index in [1.54, 1.807) is 31.2 Å². The zero-order chi connectivity index (χ0) is 10.7. The van der Waals surface area contributed by atoms with Crippen molar-refractivity contribution in [2.75, 3.05) is 0 Å². The second-order valence-corrected chi connectivity index (χ2v) is 2.93. The molecule has 4 heteroatoms. The summed E-state index contributed by atoms with van der Waals surface area (Å²) < 4.78 is 0. The monoisotopic (exact) mass is 232 g/mol. The first kappa shape index (κ1) is 14.4. The second-order valence-electron chi connectivity index (χ2n) is 2.93. The van der Waals surface area contributed by atoms with Gasteiger partial charge in [-0.1, -0.05) is 30.8 Å². The van der Waals surface area contributed by atoms with E-state index in [1.165, 1.54) is 0 Å². The third-order valence-electron chi connectivity index (χ3n) is 1.92. The summed E-state index contributed by atoms with van der Waals surface area (Å²) in [5, 5.41) is 8.58. The van der Waals surface area contributed by atoms with Crippen molar-refractivity contribution in [2.24, 2.45) is 0 Å². The van der Waals surface area contributed by atoms with Crippen LogP contribution in [0.2, 0.25) is 0 Å². The van der Waals surface area contributed by atoms with Crippen molar-refractivity contribution in [1.82, 2.24) is 0 Å². The predicted molar refractivity (Wildman–Crippen MR) is 60.8 cm³/mol. The van der Waals surface area contributed by atoms with Crippen LogP contribution in [0.3, 0.4) is 0 Å². The third-order valence-corrected chi connectivity index (χ3v) is 1.92. The topological polar surface area (TPSA) is 54.4 Å². The van der Waals surface area contributed by atoms with E-state index < -0.39 is 17.3 Å². The van der Waals surface area contributed by atoms with Gasteiger partial charge in [-0.3, -0.25) is 4.79 Å². The van der Waals surface area contributed by atoms with Crippen molar-refractivity contribution in [2.45, 2.75) is 6.92 Å². The molecule has 76 valence electrons. The van der Waals surface area contributed by atoms with Gasteiger partial charge in [0, 0.05) is 5.56 Å². The average molecular weight is 232 g/mol. The van der Waals surface area contributed by atoms with Gasteiger partial charge < -0.3 is 5.11 Å². The van der Waals surface area contributed by atoms with Crippen molar-refractivity contribution in [3.8, 4) is 0 Å². The fraction of sp³-hybridized carbons (Fsp3) is 0.0909. The minimum atomic E-state index is -1.28. The van der Waals surface area contributed by atoms with Crippen molar-refractivity contribution >= 4 is 49.5 Å². The molecule has 1 aromatic rings. The van der Waals surface area contributed by atoms with Gasteiger partial charge in [0.15, 0.2) is 5.78 Å². The zero-order valence-electron chi connectivity index (χ0n) is 7.78. The molecular weight excluding hydrogens is 220 g/mol. The third kappa shape index (κ3) is 3.45. The van der Waals surface area contributed by atoms with Gasteiger partial charge >= 0.3 is 43.7 Å². The van der Waals surface area contributed by atoms with Crippen molar-refractivity contribution in [3.63, 3.8) is 0 Å². The van der Waals surface area contributed by atoms with E-state index >= 15 is 0 Å². The number of aryl methyl sites for hydroxylation is 1. The summed E-state index contributed by atoms with van der Waals surface area (Å²) in [7, 11) is 0. The number of carboxylic acids is 1. The number of rotatable bonds is 3. The Balaban J connectivity index is 0.00000196. The SMILES string of the molecule is C=C(C(=O)O)C(=O)c1ccccc1C.[CaH2]. The Kier molecular flexibility index (Phi) is 5.80. The van der Waals surface area contributed by atoms with Crippen LogP contribution < -0.4 is 0 Å². The fourth-order valence-corrected chi connectivity index (χ4v) is 1.09. The molecule has 0 aliphatic carbocycles. The van der Waals surface area contributed by atoms with Gasteiger partial charge in [-0.2, -0.15) is 0 Å². The van der Waals surface area contributed by atoms with E-state index in [4.69, 9.17) is 5.11 Å². The Morgan fingerprint density at radius 2 is 1.80 bits per heavy atom. The Hall–Kier alpha value is -0.640. The van der Waals surface area contributed by atoms with Gasteiger partial charge in [-0.25, -0.2) is 4.79 Å². The summed E-state index contributed by atoms with van der Waals surface area (Å²) in [4.78, 5) is 22.0. The summed E-state index contributed by atoms with van der Waals surface area (Å²) in [6.45, 7) is 4.97. The number of aliphatic carboxylic acids is 1. The summed E-state index contributed by atoms with van der Waals surface area (Å²) in [6, 6.07) is 6.82. The van der Waals surface area contributed by atoms with Gasteiger partial charge in [-0.05, 0) is 12.5 Å². The molecule has 1 aromatic carbocycles. The van der Waals surface area contributed by atoms with Gasteiger partial charge in [0.1, 0.15) is 5.57 Å². The number of ketones is 1. The molecule has 0 atom stereocenters. The summed E-state index contributed by atoms with van der Waals surface area (Å²) >= 11 is 0. The maximum absolute atomic E-state index is 11.5. The van der Waals surface area contributed by atoms with Crippen LogP contribution in [0.15, 0.2) is 36.4 Å². The number of Topliss-reactive ketones (excluding diaryl/α,β-unsaturated/α-hetero) is 1. The summed E-state index contributed by atoms with van der Waals surface area (Å²) in [5.41, 5.74) is 0.735. The van der Waals surface area contributed by atoms with Gasteiger partial charge in [0.2, 0.25) is 0 Å². The molecule has 0 fully saturated rings. The number of benzene rings is 1. The summed E-state index contributed by atoms with van der Waals surface area (Å²) in [6.07, 6.45) is 0. The molecule has 3 nitrogen and oxygen atoms in total. The van der Waals surface area contributed by atoms with Gasteiger partial charge in [0.25, 0.3) is 0 Å². The van der Waals surface area contributed by atoms with E-state index in [0.717, 1.165) is 5.56 Å². The van der Waals surface area contributed by atoms with E-state index in [2.05, 4.69) is 6.58 Å². The molecule has 0 aliphatic rings. The number of carbonyl (C=O) groups is 2. The van der Waals surface area contributed by atoms with E-state index in [1.807, 2.05) is 0 Å². The van der Waals surface area contributed by atoms with Crippen LogP contribution in [-0.4, -0.2) is 54.6 Å². The van der Waals surface area contributed by atoms with E-state index in [-0.39, 0.29) is 37.7 Å². The van der Waals surface area contributed by atoms with Crippen molar-refractivity contribution < 1.29 is 14.7 Å². The van der Waals surface area contributed by atoms with Crippen molar-refractivity contribution in [3.05, 3.63) is 47.5 Å². The standard InChI is InChI=1S/C11H10O3.Ca.2H/c1-7-5-3-4-6-9(7)10(12)8(2)11(13)14;;;/h3-6H,2H2,1H3,(H,13,14);;;. The molecule has 0 amide bonds. The van der Waals surface area contributed by atoms with Gasteiger partial charge in [-0.15, -0.1) is 0 Å². The van der Waals surface area contributed by atoms with Crippen LogP contribution in [0.4, 0.5) is 0 Å². The molecule has 0 radical (unpaired) electrons. The summed E-state index contributed by atoms with van der Waals surface area (Å²) in [5.74, 6) is -1.81. The molecule has 0 saturated carbocycles. The van der Waals surface area contributed by atoms with Crippen LogP contribution in [0.5, 0.6) is 0 Å². The molecule has 15 heavy (non-hydrogen) atoms. The van der Waals surface area contributed by atoms with E-state index in [0.29, 0.717) is 5.56 Å². The van der Waals surface area contributed by atoms with Crippen LogP contribution in [-0.2, 0) is 4.79 Å². The first-order valence-corrected chi connectivity index (χ1v) is 4.06. The predicted octanol–water partition coefficient (Wildman–Crippen LogP) is 0.902. The Morgan fingerprint density at radius 3 is 2.27 bits per heavy atom. The second kappa shape index (κ2) is 6.05. The Bertz CT molecular complexity index is 410. The first-order chi connectivity index (χ1) is 6.54. The normalized spacial score (nSPS) is 8.87. The van der Waals surface area contributed by atoms with E-state index in [9.17, 15) is 9.59 Å². The number of hydrogen-bond acceptors (Lipinski definition) is 2. The molecule has 0 aromatic heterocycles. The van der Waals surface area contributed by atoms with Crippen LogP contribution in [0, 0.1) is 6.92 Å².